The molecule has 0 aliphatic carbocycles. The van der Waals surface area contributed by atoms with Crippen LogP contribution in [0.4, 0.5) is 0 Å². The van der Waals surface area contributed by atoms with E-state index in [1.807, 2.05) is 18.0 Å². The van der Waals surface area contributed by atoms with Gasteiger partial charge in [-0.3, -0.25) is 0 Å². The summed E-state index contributed by atoms with van der Waals surface area (Å²) >= 11 is 3.60. The molecule has 0 spiro atoms. The van der Waals surface area contributed by atoms with Crippen LogP contribution >= 0.6 is 23.1 Å². The molecule has 4 heteroatoms. The molecule has 2 aromatic rings. The van der Waals surface area contributed by atoms with Crippen LogP contribution in [0, 0.1) is 6.92 Å². The largest absolute Gasteiger partial charge is 0.236 e. The number of fused-ring (bicyclic) bond motifs is 1. The molecule has 0 N–H and O–H groups in total. The number of unbranched alkanes of at least 4 members (excludes halogenated alkanes) is 1. The summed E-state index contributed by atoms with van der Waals surface area (Å²) in [6, 6.07) is 2.16. The molecule has 15 heavy (non-hydrogen) atoms. The van der Waals surface area contributed by atoms with Gasteiger partial charge in [0.25, 0.3) is 0 Å². The van der Waals surface area contributed by atoms with E-state index in [4.69, 9.17) is 0 Å². The van der Waals surface area contributed by atoms with Crippen molar-refractivity contribution in [3.05, 3.63) is 17.8 Å². The fourth-order valence-electron chi connectivity index (χ4n) is 1.26. The maximum absolute atomic E-state index is 4.50. The molecule has 80 valence electrons. The minimum Gasteiger partial charge on any atom is -0.236 e. The van der Waals surface area contributed by atoms with Crippen LogP contribution in [0.15, 0.2) is 16.6 Å². The first-order valence-corrected chi connectivity index (χ1v) is 6.96. The van der Waals surface area contributed by atoms with Crippen LogP contribution in [0.25, 0.3) is 10.3 Å². The minimum atomic E-state index is 0.893. The Kier molecular flexibility index (Phi) is 3.59. The molecule has 2 aromatic heterocycles. The highest BCUT2D eigenvalue weighted by Gasteiger charge is 2.04. The van der Waals surface area contributed by atoms with E-state index in [0.29, 0.717) is 0 Å². The van der Waals surface area contributed by atoms with E-state index in [0.717, 1.165) is 15.7 Å². The summed E-state index contributed by atoms with van der Waals surface area (Å²) in [4.78, 5) is 8.81. The van der Waals surface area contributed by atoms with Gasteiger partial charge in [0.1, 0.15) is 0 Å². The van der Waals surface area contributed by atoms with E-state index in [9.17, 15) is 0 Å². The second kappa shape index (κ2) is 4.94. The zero-order chi connectivity index (χ0) is 10.7. The first-order chi connectivity index (χ1) is 7.29. The quantitative estimate of drug-likeness (QED) is 0.597. The molecule has 0 fully saturated rings. The number of aryl methyl sites for hydroxylation is 1. The van der Waals surface area contributed by atoms with Crippen LogP contribution in [0.1, 0.15) is 25.3 Å². The number of nitrogens with zero attached hydrogens (tertiary/aromatic N) is 2. The van der Waals surface area contributed by atoms with Crippen molar-refractivity contribution in [3.63, 3.8) is 0 Å². The first-order valence-electron chi connectivity index (χ1n) is 5.15. The van der Waals surface area contributed by atoms with Gasteiger partial charge in [0.2, 0.25) is 0 Å². The second-order valence-electron chi connectivity index (χ2n) is 3.52. The Morgan fingerprint density at radius 1 is 1.47 bits per heavy atom. The van der Waals surface area contributed by atoms with Gasteiger partial charge in [0.05, 0.1) is 4.70 Å². The highest BCUT2D eigenvalue weighted by atomic mass is 32.2. The van der Waals surface area contributed by atoms with Crippen molar-refractivity contribution in [2.75, 3.05) is 5.75 Å². The van der Waals surface area contributed by atoms with Gasteiger partial charge in [-0.25, -0.2) is 9.97 Å². The maximum atomic E-state index is 4.50. The SMILES string of the molecule is CCCCSc1nc2ncc(C)cc2s1. The van der Waals surface area contributed by atoms with Gasteiger partial charge in [0, 0.05) is 11.9 Å². The van der Waals surface area contributed by atoms with Crippen LogP contribution in [0.2, 0.25) is 0 Å². The van der Waals surface area contributed by atoms with Crippen molar-refractivity contribution < 1.29 is 0 Å². The molecule has 0 atom stereocenters. The molecule has 2 nitrogen and oxygen atoms in total. The van der Waals surface area contributed by atoms with Gasteiger partial charge in [-0.1, -0.05) is 25.1 Å². The lowest BCUT2D eigenvalue weighted by Gasteiger charge is -1.92. The summed E-state index contributed by atoms with van der Waals surface area (Å²) in [5.41, 5.74) is 2.10. The number of thioether (sulfide) groups is 1. The van der Waals surface area contributed by atoms with Crippen LogP contribution < -0.4 is 0 Å². The minimum absolute atomic E-state index is 0.893. The third kappa shape index (κ3) is 2.69. The van der Waals surface area contributed by atoms with Gasteiger partial charge in [-0.05, 0) is 25.0 Å². The monoisotopic (exact) mass is 238 g/mol. The topological polar surface area (TPSA) is 25.8 Å². The third-order valence-electron chi connectivity index (χ3n) is 2.09. The lowest BCUT2D eigenvalue weighted by atomic mass is 10.3. The summed E-state index contributed by atoms with van der Waals surface area (Å²) in [5.74, 6) is 1.16. The van der Waals surface area contributed by atoms with E-state index in [1.54, 1.807) is 11.3 Å². The predicted molar refractivity (Wildman–Crippen MR) is 67.8 cm³/mol. The normalized spacial score (nSPS) is 11.1. The molecule has 0 aliphatic heterocycles. The van der Waals surface area contributed by atoms with Gasteiger partial charge >= 0.3 is 0 Å². The van der Waals surface area contributed by atoms with Gasteiger partial charge < -0.3 is 0 Å². The second-order valence-corrected chi connectivity index (χ2v) is 5.89. The van der Waals surface area contributed by atoms with E-state index in [2.05, 4.69) is 29.9 Å². The molecule has 0 saturated carbocycles. The van der Waals surface area contributed by atoms with E-state index < -0.39 is 0 Å². The Labute approximate surface area is 98.1 Å². The summed E-state index contributed by atoms with van der Waals surface area (Å²) in [6.07, 6.45) is 4.38. The van der Waals surface area contributed by atoms with Gasteiger partial charge in [-0.15, -0.1) is 11.3 Å². The van der Waals surface area contributed by atoms with E-state index in [-0.39, 0.29) is 0 Å². The number of thiazole rings is 1. The number of pyridine rings is 1. The number of hydrogen-bond acceptors (Lipinski definition) is 4. The average molecular weight is 238 g/mol. The Balaban J connectivity index is 2.16. The summed E-state index contributed by atoms with van der Waals surface area (Å²) in [6.45, 7) is 4.28. The molecule has 0 amide bonds. The van der Waals surface area contributed by atoms with Crippen LogP contribution in [-0.2, 0) is 0 Å². The summed E-state index contributed by atoms with van der Waals surface area (Å²) in [5, 5.41) is 0. The molecular formula is C11H14N2S2. The summed E-state index contributed by atoms with van der Waals surface area (Å²) in [7, 11) is 0. The Morgan fingerprint density at radius 3 is 3.13 bits per heavy atom. The number of hydrogen-bond donors (Lipinski definition) is 0. The molecular weight excluding hydrogens is 224 g/mol. The van der Waals surface area contributed by atoms with Crippen molar-refractivity contribution in [1.29, 1.82) is 0 Å². The predicted octanol–water partition coefficient (Wildman–Crippen LogP) is 3.89. The van der Waals surface area contributed by atoms with Crippen molar-refractivity contribution in [3.8, 4) is 0 Å². The molecule has 0 aromatic carbocycles. The molecule has 2 rings (SSSR count). The smallest absolute Gasteiger partial charge is 0.171 e. The number of aromatic nitrogens is 2. The van der Waals surface area contributed by atoms with Gasteiger partial charge in [-0.2, -0.15) is 0 Å². The average Bonchev–Trinajstić information content (AvgIpc) is 2.60. The Hall–Kier alpha value is -0.610. The maximum Gasteiger partial charge on any atom is 0.171 e. The highest BCUT2D eigenvalue weighted by Crippen LogP contribution is 2.29. The Morgan fingerprint density at radius 2 is 2.33 bits per heavy atom. The fraction of sp³-hybridized carbons (Fsp3) is 0.455. The zero-order valence-electron chi connectivity index (χ0n) is 8.99. The third-order valence-corrected chi connectivity index (χ3v) is 4.31. The van der Waals surface area contributed by atoms with E-state index >= 15 is 0 Å². The van der Waals surface area contributed by atoms with Crippen LogP contribution in [-0.4, -0.2) is 15.7 Å². The molecule has 0 radical (unpaired) electrons. The lowest BCUT2D eigenvalue weighted by molar-refractivity contribution is 0.896. The molecule has 0 unspecified atom stereocenters. The van der Waals surface area contributed by atoms with Crippen molar-refractivity contribution in [2.24, 2.45) is 0 Å². The summed E-state index contributed by atoms with van der Waals surface area (Å²) < 4.78 is 2.35. The van der Waals surface area contributed by atoms with Crippen LogP contribution in [0.3, 0.4) is 0 Å². The molecule has 2 heterocycles. The zero-order valence-corrected chi connectivity index (χ0v) is 10.6. The van der Waals surface area contributed by atoms with Crippen molar-refractivity contribution >= 4 is 33.4 Å². The van der Waals surface area contributed by atoms with Gasteiger partial charge in [0.15, 0.2) is 9.99 Å². The molecule has 0 saturated heterocycles. The lowest BCUT2D eigenvalue weighted by Crippen LogP contribution is -1.79. The molecule has 0 bridgehead atoms. The Bertz CT molecular complexity index is 451. The fourth-order valence-corrected chi connectivity index (χ4v) is 3.53. The standard InChI is InChI=1S/C11H14N2S2/c1-3-4-5-14-11-13-10-9(15-11)6-8(2)7-12-10/h6-7H,3-5H2,1-2H3. The molecule has 0 aliphatic rings. The van der Waals surface area contributed by atoms with Crippen LogP contribution in [0.5, 0.6) is 0 Å². The number of rotatable bonds is 4. The highest BCUT2D eigenvalue weighted by molar-refractivity contribution is 8.01. The van der Waals surface area contributed by atoms with Crippen molar-refractivity contribution in [1.82, 2.24) is 9.97 Å². The first kappa shape index (κ1) is 10.9. The van der Waals surface area contributed by atoms with E-state index in [1.165, 1.54) is 23.1 Å². The van der Waals surface area contributed by atoms with Crippen molar-refractivity contribution in [2.45, 2.75) is 31.0 Å².